The highest BCUT2D eigenvalue weighted by Crippen LogP contribution is 2.29. The number of amides is 1. The van der Waals surface area contributed by atoms with Crippen molar-refractivity contribution in [3.63, 3.8) is 0 Å². The second-order valence-corrected chi connectivity index (χ2v) is 10.5. The van der Waals surface area contributed by atoms with Gasteiger partial charge in [-0.2, -0.15) is 11.8 Å². The molecule has 1 saturated carbocycles. The normalized spacial score (nSPS) is 25.1. The van der Waals surface area contributed by atoms with E-state index in [9.17, 15) is 4.79 Å². The Balaban J connectivity index is 1.36. The molecule has 3 rings (SSSR count). The van der Waals surface area contributed by atoms with E-state index >= 15 is 0 Å². The Morgan fingerprint density at radius 1 is 1.11 bits per heavy atom. The molecule has 1 N–H and O–H groups in total. The van der Waals surface area contributed by atoms with Crippen LogP contribution in [0.4, 0.5) is 0 Å². The molecule has 0 atom stereocenters. The molecule has 0 aromatic rings. The van der Waals surface area contributed by atoms with Crippen LogP contribution in [-0.2, 0) is 4.79 Å². The van der Waals surface area contributed by atoms with E-state index in [4.69, 9.17) is 0 Å². The van der Waals surface area contributed by atoms with E-state index in [1.165, 1.54) is 12.8 Å². The first-order valence-electron chi connectivity index (χ1n) is 10.6. The van der Waals surface area contributed by atoms with Crippen LogP contribution in [0.15, 0.2) is 4.99 Å². The molecule has 1 aliphatic carbocycles. The van der Waals surface area contributed by atoms with Gasteiger partial charge in [-0.15, -0.1) is 0 Å². The fourth-order valence-electron chi connectivity index (χ4n) is 4.48. The Morgan fingerprint density at radius 2 is 1.81 bits per heavy atom. The molecule has 0 aromatic carbocycles. The Labute approximate surface area is 169 Å². The van der Waals surface area contributed by atoms with Gasteiger partial charge in [0.15, 0.2) is 5.96 Å². The molecule has 2 heterocycles. The van der Waals surface area contributed by atoms with Gasteiger partial charge in [0.1, 0.15) is 0 Å². The third-order valence-corrected chi connectivity index (χ3v) is 7.33. The number of hydrogen-bond acceptors (Lipinski definition) is 4. The van der Waals surface area contributed by atoms with Crippen molar-refractivity contribution in [1.29, 1.82) is 0 Å². The second kappa shape index (κ2) is 9.50. The standard InChI is InChI=1S/C20H37N5OS/c1-20(2)16-25(14-15-27-20)19(21-3)22-8-9-23-10-12-24(13-11-23)18(26)17-6-4-5-7-17/h17H,4-16H2,1-3H3,(H,21,22). The van der Waals surface area contributed by atoms with Crippen molar-refractivity contribution in [1.82, 2.24) is 20.0 Å². The number of thioether (sulfide) groups is 1. The van der Waals surface area contributed by atoms with Crippen molar-refractivity contribution >= 4 is 23.6 Å². The van der Waals surface area contributed by atoms with Gasteiger partial charge >= 0.3 is 0 Å². The Kier molecular flexibility index (Phi) is 7.31. The first-order valence-corrected chi connectivity index (χ1v) is 11.6. The van der Waals surface area contributed by atoms with Gasteiger partial charge in [-0.3, -0.25) is 14.7 Å². The molecule has 6 nitrogen and oxygen atoms in total. The van der Waals surface area contributed by atoms with Gasteiger partial charge in [-0.05, 0) is 26.7 Å². The summed E-state index contributed by atoms with van der Waals surface area (Å²) in [5.41, 5.74) is 0. The lowest BCUT2D eigenvalue weighted by Crippen LogP contribution is -2.53. The summed E-state index contributed by atoms with van der Waals surface area (Å²) in [7, 11) is 1.88. The molecule has 0 spiro atoms. The smallest absolute Gasteiger partial charge is 0.225 e. The summed E-state index contributed by atoms with van der Waals surface area (Å²) < 4.78 is 0.290. The molecule has 0 bridgehead atoms. The number of rotatable bonds is 4. The van der Waals surface area contributed by atoms with Crippen LogP contribution in [0.5, 0.6) is 0 Å². The SMILES string of the molecule is CN=C(NCCN1CCN(C(=O)C2CCCC2)CC1)N1CCSC(C)(C)C1. The first kappa shape index (κ1) is 20.8. The van der Waals surface area contributed by atoms with Crippen LogP contribution in [0.25, 0.3) is 0 Å². The lowest BCUT2D eigenvalue weighted by Gasteiger charge is -2.39. The topological polar surface area (TPSA) is 51.2 Å². The zero-order valence-electron chi connectivity index (χ0n) is 17.4. The molecule has 3 aliphatic rings. The van der Waals surface area contributed by atoms with Gasteiger partial charge < -0.3 is 15.1 Å². The first-order chi connectivity index (χ1) is 13.0. The van der Waals surface area contributed by atoms with Crippen molar-refractivity contribution < 1.29 is 4.79 Å². The molecule has 0 radical (unpaired) electrons. The van der Waals surface area contributed by atoms with Crippen molar-refractivity contribution in [2.24, 2.45) is 10.9 Å². The molecule has 2 aliphatic heterocycles. The van der Waals surface area contributed by atoms with Gasteiger partial charge in [0.2, 0.25) is 5.91 Å². The number of nitrogens with zero attached hydrogens (tertiary/aromatic N) is 4. The quantitative estimate of drug-likeness (QED) is 0.580. The van der Waals surface area contributed by atoms with E-state index in [1.54, 1.807) is 0 Å². The predicted molar refractivity (Wildman–Crippen MR) is 114 cm³/mol. The summed E-state index contributed by atoms with van der Waals surface area (Å²) in [5.74, 6) is 2.91. The molecule has 2 saturated heterocycles. The fourth-order valence-corrected chi connectivity index (χ4v) is 5.59. The van der Waals surface area contributed by atoms with Crippen molar-refractivity contribution in [3.05, 3.63) is 0 Å². The van der Waals surface area contributed by atoms with Crippen LogP contribution in [0.1, 0.15) is 39.5 Å². The molecule has 27 heavy (non-hydrogen) atoms. The lowest BCUT2D eigenvalue weighted by molar-refractivity contribution is -0.137. The zero-order valence-corrected chi connectivity index (χ0v) is 18.2. The summed E-state index contributed by atoms with van der Waals surface area (Å²) in [4.78, 5) is 24.0. The van der Waals surface area contributed by atoms with Crippen LogP contribution in [0.3, 0.4) is 0 Å². The van der Waals surface area contributed by atoms with Gasteiger partial charge in [-0.1, -0.05) is 12.8 Å². The van der Waals surface area contributed by atoms with Crippen molar-refractivity contribution in [3.8, 4) is 0 Å². The molecule has 1 amide bonds. The molecule has 0 unspecified atom stereocenters. The minimum absolute atomic E-state index is 0.290. The average molecular weight is 396 g/mol. The van der Waals surface area contributed by atoms with Gasteiger partial charge in [0.05, 0.1) is 0 Å². The van der Waals surface area contributed by atoms with E-state index in [-0.39, 0.29) is 4.75 Å². The van der Waals surface area contributed by atoms with Crippen molar-refractivity contribution in [2.45, 2.75) is 44.3 Å². The Bertz CT molecular complexity index is 524. The van der Waals surface area contributed by atoms with E-state index < -0.39 is 0 Å². The van der Waals surface area contributed by atoms with Crippen LogP contribution >= 0.6 is 11.8 Å². The number of guanidine groups is 1. The molecule has 7 heteroatoms. The third kappa shape index (κ3) is 5.76. The average Bonchev–Trinajstić information content (AvgIpc) is 3.19. The highest BCUT2D eigenvalue weighted by Gasteiger charge is 2.30. The maximum Gasteiger partial charge on any atom is 0.225 e. The minimum atomic E-state index is 0.290. The molecule has 0 aromatic heterocycles. The monoisotopic (exact) mass is 395 g/mol. The Hall–Kier alpha value is -0.950. The fraction of sp³-hybridized carbons (Fsp3) is 0.900. The van der Waals surface area contributed by atoms with Crippen LogP contribution in [0, 0.1) is 5.92 Å². The number of piperazine rings is 1. The zero-order chi connectivity index (χ0) is 19.3. The summed E-state index contributed by atoms with van der Waals surface area (Å²) >= 11 is 2.05. The number of carbonyl (C=O) groups is 1. The summed E-state index contributed by atoms with van der Waals surface area (Å²) in [6.07, 6.45) is 4.67. The lowest BCUT2D eigenvalue weighted by atomic mass is 10.1. The summed E-state index contributed by atoms with van der Waals surface area (Å²) in [5, 5.41) is 3.55. The highest BCUT2D eigenvalue weighted by atomic mass is 32.2. The largest absolute Gasteiger partial charge is 0.355 e. The number of aliphatic imine (C=N–C) groups is 1. The Morgan fingerprint density at radius 3 is 2.44 bits per heavy atom. The van der Waals surface area contributed by atoms with Gasteiger partial charge in [-0.25, -0.2) is 0 Å². The third-order valence-electron chi connectivity index (χ3n) is 6.04. The predicted octanol–water partition coefficient (Wildman–Crippen LogP) is 1.72. The molecule has 154 valence electrons. The van der Waals surface area contributed by atoms with E-state index in [2.05, 4.69) is 38.9 Å². The molecule has 3 fully saturated rings. The number of nitrogens with one attached hydrogen (secondary N) is 1. The maximum atomic E-state index is 12.5. The number of hydrogen-bond donors (Lipinski definition) is 1. The maximum absolute atomic E-state index is 12.5. The molecular formula is C20H37N5OS. The van der Waals surface area contributed by atoms with Crippen LogP contribution in [-0.4, -0.2) is 96.5 Å². The highest BCUT2D eigenvalue weighted by molar-refractivity contribution is 8.00. The van der Waals surface area contributed by atoms with Crippen LogP contribution in [0.2, 0.25) is 0 Å². The van der Waals surface area contributed by atoms with E-state index in [0.29, 0.717) is 11.8 Å². The number of carbonyl (C=O) groups excluding carboxylic acids is 1. The summed E-state index contributed by atoms with van der Waals surface area (Å²) in [6, 6.07) is 0. The van der Waals surface area contributed by atoms with Gasteiger partial charge in [0.25, 0.3) is 0 Å². The van der Waals surface area contributed by atoms with E-state index in [0.717, 1.165) is 76.9 Å². The van der Waals surface area contributed by atoms with E-state index in [1.807, 2.05) is 18.8 Å². The summed E-state index contributed by atoms with van der Waals surface area (Å²) in [6.45, 7) is 12.4. The second-order valence-electron chi connectivity index (χ2n) is 8.65. The van der Waals surface area contributed by atoms with Crippen molar-refractivity contribution in [2.75, 3.05) is 65.2 Å². The van der Waals surface area contributed by atoms with Gasteiger partial charge in [0, 0.05) is 75.8 Å². The minimum Gasteiger partial charge on any atom is -0.355 e. The molecular weight excluding hydrogens is 358 g/mol. The van der Waals surface area contributed by atoms with Crippen LogP contribution < -0.4 is 5.32 Å².